The first-order valence-electron chi connectivity index (χ1n) is 8.72. The van der Waals surface area contributed by atoms with Crippen LogP contribution in [0.4, 0.5) is 11.4 Å². The van der Waals surface area contributed by atoms with Crippen molar-refractivity contribution < 1.29 is 0 Å². The van der Waals surface area contributed by atoms with Crippen molar-refractivity contribution in [2.75, 3.05) is 11.4 Å². The number of benzene rings is 2. The van der Waals surface area contributed by atoms with Gasteiger partial charge in [0.05, 0.1) is 10.7 Å². The maximum Gasteiger partial charge on any atom is 0.0641 e. The molecule has 2 nitrogen and oxygen atoms in total. The van der Waals surface area contributed by atoms with Crippen LogP contribution in [0.25, 0.3) is 0 Å². The van der Waals surface area contributed by atoms with Gasteiger partial charge in [-0.2, -0.15) is 0 Å². The summed E-state index contributed by atoms with van der Waals surface area (Å²) in [4.78, 5) is 7.05. The van der Waals surface area contributed by atoms with Gasteiger partial charge in [-0.05, 0) is 69.0 Å². The molecule has 1 heterocycles. The normalized spacial score (nSPS) is 19.3. The van der Waals surface area contributed by atoms with E-state index in [4.69, 9.17) is 11.6 Å². The third-order valence-corrected chi connectivity index (χ3v) is 5.80. The van der Waals surface area contributed by atoms with Crippen LogP contribution in [0.5, 0.6) is 0 Å². The molecule has 2 aromatic carbocycles. The molecule has 25 heavy (non-hydrogen) atoms. The molecule has 3 rings (SSSR count). The standard InChI is InChI=1S/C21H24BrClN2/c1-5-25-20-11-19(23)15(9-18(20)14(2)12-21(25,3)4)13-24-17-8-6-7-16(22)10-17/h6-11,13-14H,5,12H2,1-4H3. The summed E-state index contributed by atoms with van der Waals surface area (Å²) in [5.74, 6) is 0.503. The molecular weight excluding hydrogens is 396 g/mol. The molecule has 0 N–H and O–H groups in total. The molecule has 0 amide bonds. The van der Waals surface area contributed by atoms with Crippen molar-refractivity contribution in [2.24, 2.45) is 4.99 Å². The monoisotopic (exact) mass is 418 g/mol. The highest BCUT2D eigenvalue weighted by molar-refractivity contribution is 9.10. The van der Waals surface area contributed by atoms with Crippen molar-refractivity contribution in [1.82, 2.24) is 0 Å². The third-order valence-electron chi connectivity index (χ3n) is 4.98. The topological polar surface area (TPSA) is 15.6 Å². The lowest BCUT2D eigenvalue weighted by Crippen LogP contribution is -2.48. The van der Waals surface area contributed by atoms with Crippen molar-refractivity contribution in [2.45, 2.75) is 45.6 Å². The molecular formula is C21H24BrClN2. The predicted octanol–water partition coefficient (Wildman–Crippen LogP) is 6.97. The van der Waals surface area contributed by atoms with Crippen LogP contribution in [-0.2, 0) is 0 Å². The third kappa shape index (κ3) is 3.78. The number of hydrogen-bond acceptors (Lipinski definition) is 2. The summed E-state index contributed by atoms with van der Waals surface area (Å²) in [6.45, 7) is 10.1. The van der Waals surface area contributed by atoms with E-state index in [1.807, 2.05) is 30.5 Å². The van der Waals surface area contributed by atoms with Gasteiger partial charge in [-0.1, -0.05) is 40.5 Å². The van der Waals surface area contributed by atoms with Gasteiger partial charge >= 0.3 is 0 Å². The summed E-state index contributed by atoms with van der Waals surface area (Å²) in [7, 11) is 0. The molecule has 1 aliphatic heterocycles. The van der Waals surface area contributed by atoms with E-state index in [9.17, 15) is 0 Å². The van der Waals surface area contributed by atoms with Gasteiger partial charge in [-0.15, -0.1) is 0 Å². The zero-order valence-corrected chi connectivity index (χ0v) is 17.5. The molecule has 0 fully saturated rings. The zero-order valence-electron chi connectivity index (χ0n) is 15.2. The van der Waals surface area contributed by atoms with Crippen LogP contribution in [0.3, 0.4) is 0 Å². The average Bonchev–Trinajstić information content (AvgIpc) is 2.53. The molecule has 0 radical (unpaired) electrons. The lowest BCUT2D eigenvalue weighted by Gasteiger charge is -2.47. The van der Waals surface area contributed by atoms with E-state index in [-0.39, 0.29) is 5.54 Å². The first-order chi connectivity index (χ1) is 11.8. The highest BCUT2D eigenvalue weighted by atomic mass is 79.9. The highest BCUT2D eigenvalue weighted by Gasteiger charge is 2.35. The van der Waals surface area contributed by atoms with Crippen molar-refractivity contribution in [3.05, 3.63) is 57.0 Å². The van der Waals surface area contributed by atoms with Crippen molar-refractivity contribution in [3.63, 3.8) is 0 Å². The lowest BCUT2D eigenvalue weighted by atomic mass is 9.79. The SMILES string of the molecule is CCN1c2cc(Cl)c(C=Nc3cccc(Br)c3)cc2C(C)CC1(C)C. The maximum absolute atomic E-state index is 6.59. The molecule has 0 saturated heterocycles. The fourth-order valence-corrected chi connectivity index (χ4v) is 4.51. The molecule has 1 atom stereocenters. The van der Waals surface area contributed by atoms with Crippen molar-refractivity contribution in [3.8, 4) is 0 Å². The minimum absolute atomic E-state index is 0.149. The number of fused-ring (bicyclic) bond motifs is 1. The smallest absolute Gasteiger partial charge is 0.0641 e. The van der Waals surface area contributed by atoms with E-state index in [0.717, 1.165) is 33.7 Å². The van der Waals surface area contributed by atoms with E-state index in [1.54, 1.807) is 0 Å². The van der Waals surface area contributed by atoms with E-state index in [2.05, 4.69) is 65.6 Å². The molecule has 0 saturated carbocycles. The highest BCUT2D eigenvalue weighted by Crippen LogP contribution is 2.44. The molecule has 0 aromatic heterocycles. The minimum atomic E-state index is 0.149. The number of aliphatic imine (C=N–C) groups is 1. The largest absolute Gasteiger partial charge is 0.366 e. The Bertz CT molecular complexity index is 814. The number of nitrogens with zero attached hydrogens (tertiary/aromatic N) is 2. The molecule has 4 heteroatoms. The molecule has 2 aromatic rings. The van der Waals surface area contributed by atoms with Gasteiger partial charge in [0.1, 0.15) is 0 Å². The van der Waals surface area contributed by atoms with Gasteiger partial charge in [0.25, 0.3) is 0 Å². The second-order valence-corrected chi connectivity index (χ2v) is 8.66. The van der Waals surface area contributed by atoms with Gasteiger partial charge in [0, 0.05) is 34.0 Å². The summed E-state index contributed by atoms with van der Waals surface area (Å²) in [6.07, 6.45) is 3.00. The Morgan fingerprint density at radius 3 is 2.76 bits per heavy atom. The van der Waals surface area contributed by atoms with Gasteiger partial charge in [0.2, 0.25) is 0 Å². The van der Waals surface area contributed by atoms with Gasteiger partial charge in [-0.3, -0.25) is 4.99 Å². The van der Waals surface area contributed by atoms with Crippen LogP contribution in [0.2, 0.25) is 5.02 Å². The molecule has 1 aliphatic rings. The van der Waals surface area contributed by atoms with Crippen LogP contribution in [0.15, 0.2) is 45.9 Å². The predicted molar refractivity (Wildman–Crippen MR) is 113 cm³/mol. The first kappa shape index (κ1) is 18.5. The minimum Gasteiger partial charge on any atom is -0.366 e. The van der Waals surface area contributed by atoms with E-state index < -0.39 is 0 Å². The molecule has 132 valence electrons. The van der Waals surface area contributed by atoms with Gasteiger partial charge in [-0.25, -0.2) is 0 Å². The Morgan fingerprint density at radius 1 is 1.32 bits per heavy atom. The van der Waals surface area contributed by atoms with E-state index >= 15 is 0 Å². The number of hydrogen-bond donors (Lipinski definition) is 0. The van der Waals surface area contributed by atoms with Crippen molar-refractivity contribution in [1.29, 1.82) is 0 Å². The Kier molecular flexibility index (Phi) is 5.26. The second kappa shape index (κ2) is 7.13. The van der Waals surface area contributed by atoms with Gasteiger partial charge in [0.15, 0.2) is 0 Å². The van der Waals surface area contributed by atoms with E-state index in [1.165, 1.54) is 11.3 Å². The molecule has 1 unspecified atom stereocenters. The number of anilines is 1. The quantitative estimate of drug-likeness (QED) is 0.491. The van der Waals surface area contributed by atoms with E-state index in [0.29, 0.717) is 5.92 Å². The summed E-state index contributed by atoms with van der Waals surface area (Å²) >= 11 is 10.1. The van der Waals surface area contributed by atoms with Crippen LogP contribution >= 0.6 is 27.5 Å². The fourth-order valence-electron chi connectivity index (χ4n) is 3.92. The lowest BCUT2D eigenvalue weighted by molar-refractivity contribution is 0.381. The molecule has 0 aliphatic carbocycles. The Labute approximate surface area is 164 Å². The Hall–Kier alpha value is -1.32. The first-order valence-corrected chi connectivity index (χ1v) is 9.89. The molecule has 0 bridgehead atoms. The summed E-state index contributed by atoms with van der Waals surface area (Å²) in [6, 6.07) is 12.3. The number of rotatable bonds is 3. The average molecular weight is 420 g/mol. The zero-order chi connectivity index (χ0) is 18.2. The van der Waals surface area contributed by atoms with Crippen LogP contribution in [0, 0.1) is 0 Å². The fraction of sp³-hybridized carbons (Fsp3) is 0.381. The van der Waals surface area contributed by atoms with Crippen LogP contribution in [-0.4, -0.2) is 18.3 Å². The Morgan fingerprint density at radius 2 is 2.08 bits per heavy atom. The maximum atomic E-state index is 6.59. The number of halogens is 2. The molecule has 0 spiro atoms. The summed E-state index contributed by atoms with van der Waals surface area (Å²) < 4.78 is 1.02. The second-order valence-electron chi connectivity index (χ2n) is 7.33. The van der Waals surface area contributed by atoms with Crippen LogP contribution in [0.1, 0.15) is 51.2 Å². The summed E-state index contributed by atoms with van der Waals surface area (Å²) in [5.41, 5.74) is 4.66. The Balaban J connectivity index is 2.00. The van der Waals surface area contributed by atoms with Gasteiger partial charge < -0.3 is 4.90 Å². The van der Waals surface area contributed by atoms with Crippen molar-refractivity contribution >= 4 is 45.1 Å². The van der Waals surface area contributed by atoms with Crippen LogP contribution < -0.4 is 4.90 Å². The summed E-state index contributed by atoms with van der Waals surface area (Å²) in [5, 5.41) is 0.751.